The molecule has 0 saturated heterocycles. The monoisotopic (exact) mass is 382 g/mol. The summed E-state index contributed by atoms with van der Waals surface area (Å²) in [6, 6.07) is 17.7. The lowest BCUT2D eigenvalue weighted by Crippen LogP contribution is -2.15. The van der Waals surface area contributed by atoms with Crippen molar-refractivity contribution in [3.63, 3.8) is 0 Å². The SMILES string of the molecule is Cc1c(CNCc2ccccc2)c(C(=O)O)c(C)n1Cc1cccc(Cl)c1. The molecule has 3 rings (SSSR count). The van der Waals surface area contributed by atoms with E-state index < -0.39 is 5.97 Å². The first-order valence-corrected chi connectivity index (χ1v) is 9.26. The van der Waals surface area contributed by atoms with Crippen LogP contribution in [0.1, 0.15) is 38.4 Å². The highest BCUT2D eigenvalue weighted by atomic mass is 35.5. The number of aromatic carboxylic acids is 1. The second-order valence-corrected chi connectivity index (χ2v) is 7.07. The molecule has 0 saturated carbocycles. The Labute approximate surface area is 164 Å². The van der Waals surface area contributed by atoms with Crippen LogP contribution in [0.15, 0.2) is 54.6 Å². The van der Waals surface area contributed by atoms with Gasteiger partial charge in [0.25, 0.3) is 0 Å². The van der Waals surface area contributed by atoms with Crippen molar-refractivity contribution < 1.29 is 9.90 Å². The molecule has 0 aliphatic rings. The largest absolute Gasteiger partial charge is 0.478 e. The van der Waals surface area contributed by atoms with Crippen LogP contribution in [0.4, 0.5) is 0 Å². The predicted molar refractivity (Wildman–Crippen MR) is 108 cm³/mol. The lowest BCUT2D eigenvalue weighted by atomic mass is 10.1. The molecular formula is C22H23ClN2O2. The van der Waals surface area contributed by atoms with Crippen LogP contribution < -0.4 is 5.32 Å². The molecule has 0 bridgehead atoms. The predicted octanol–water partition coefficient (Wildman–Crippen LogP) is 4.79. The zero-order chi connectivity index (χ0) is 19.4. The Bertz CT molecular complexity index is 948. The lowest BCUT2D eigenvalue weighted by Gasteiger charge is -2.11. The van der Waals surface area contributed by atoms with Crippen LogP contribution in [0.2, 0.25) is 5.02 Å². The molecule has 0 amide bonds. The van der Waals surface area contributed by atoms with Crippen molar-refractivity contribution in [1.82, 2.24) is 9.88 Å². The molecule has 0 unspecified atom stereocenters. The molecule has 5 heteroatoms. The normalized spacial score (nSPS) is 10.9. The molecule has 2 aromatic carbocycles. The number of rotatable bonds is 7. The van der Waals surface area contributed by atoms with Crippen molar-refractivity contribution >= 4 is 17.6 Å². The van der Waals surface area contributed by atoms with Crippen LogP contribution in [-0.2, 0) is 19.6 Å². The third-order valence-electron chi connectivity index (χ3n) is 4.83. The maximum Gasteiger partial charge on any atom is 0.337 e. The first-order valence-electron chi connectivity index (χ1n) is 8.88. The fourth-order valence-corrected chi connectivity index (χ4v) is 3.64. The number of aromatic nitrogens is 1. The molecule has 0 spiro atoms. The summed E-state index contributed by atoms with van der Waals surface area (Å²) in [5.74, 6) is -0.892. The van der Waals surface area contributed by atoms with Crippen molar-refractivity contribution in [3.05, 3.63) is 93.3 Å². The summed E-state index contributed by atoms with van der Waals surface area (Å²) in [5, 5.41) is 13.8. The van der Waals surface area contributed by atoms with Gasteiger partial charge in [0, 0.05) is 41.6 Å². The van der Waals surface area contributed by atoms with E-state index in [1.54, 1.807) is 0 Å². The Kier molecular flexibility index (Phi) is 5.99. The highest BCUT2D eigenvalue weighted by Crippen LogP contribution is 2.24. The van der Waals surface area contributed by atoms with Crippen molar-refractivity contribution in [2.45, 2.75) is 33.5 Å². The number of hydrogen-bond acceptors (Lipinski definition) is 2. The number of carbonyl (C=O) groups is 1. The number of nitrogens with zero attached hydrogens (tertiary/aromatic N) is 1. The van der Waals surface area contributed by atoms with Gasteiger partial charge in [0.2, 0.25) is 0 Å². The molecule has 3 aromatic rings. The van der Waals surface area contributed by atoms with Gasteiger partial charge in [0.05, 0.1) is 5.56 Å². The Morgan fingerprint density at radius 2 is 1.70 bits per heavy atom. The van der Waals surface area contributed by atoms with E-state index in [4.69, 9.17) is 11.6 Å². The molecule has 1 heterocycles. The Morgan fingerprint density at radius 1 is 1.00 bits per heavy atom. The van der Waals surface area contributed by atoms with Crippen LogP contribution in [0.3, 0.4) is 0 Å². The van der Waals surface area contributed by atoms with Crippen LogP contribution >= 0.6 is 11.6 Å². The molecule has 0 fully saturated rings. The average molecular weight is 383 g/mol. The summed E-state index contributed by atoms with van der Waals surface area (Å²) in [7, 11) is 0. The quantitative estimate of drug-likeness (QED) is 0.617. The van der Waals surface area contributed by atoms with E-state index in [1.165, 1.54) is 5.56 Å². The van der Waals surface area contributed by atoms with E-state index in [1.807, 2.05) is 68.4 Å². The summed E-state index contributed by atoms with van der Waals surface area (Å²) in [6.07, 6.45) is 0. The second kappa shape index (κ2) is 8.42. The van der Waals surface area contributed by atoms with Gasteiger partial charge in [-0.1, -0.05) is 54.1 Å². The summed E-state index contributed by atoms with van der Waals surface area (Å²) >= 11 is 6.09. The summed E-state index contributed by atoms with van der Waals surface area (Å²) in [4.78, 5) is 11.9. The Morgan fingerprint density at radius 3 is 2.37 bits per heavy atom. The number of benzene rings is 2. The Balaban J connectivity index is 1.85. The van der Waals surface area contributed by atoms with Gasteiger partial charge >= 0.3 is 5.97 Å². The first kappa shape index (κ1) is 19.2. The zero-order valence-corrected chi connectivity index (χ0v) is 16.3. The fourth-order valence-electron chi connectivity index (χ4n) is 3.43. The molecule has 0 aliphatic carbocycles. The maximum atomic E-state index is 11.9. The molecule has 140 valence electrons. The lowest BCUT2D eigenvalue weighted by molar-refractivity contribution is 0.0694. The minimum atomic E-state index is -0.892. The molecule has 0 aliphatic heterocycles. The van der Waals surface area contributed by atoms with Gasteiger partial charge in [-0.05, 0) is 37.1 Å². The van der Waals surface area contributed by atoms with Crippen molar-refractivity contribution in [3.8, 4) is 0 Å². The van der Waals surface area contributed by atoms with Gasteiger partial charge in [-0.15, -0.1) is 0 Å². The van der Waals surface area contributed by atoms with Gasteiger partial charge in [-0.25, -0.2) is 4.79 Å². The van der Waals surface area contributed by atoms with Crippen molar-refractivity contribution in [2.75, 3.05) is 0 Å². The van der Waals surface area contributed by atoms with Gasteiger partial charge in [-0.2, -0.15) is 0 Å². The van der Waals surface area contributed by atoms with Gasteiger partial charge < -0.3 is 15.0 Å². The third kappa shape index (κ3) is 4.41. The smallest absolute Gasteiger partial charge is 0.337 e. The summed E-state index contributed by atoms with van der Waals surface area (Å²) in [6.45, 7) is 5.63. The van der Waals surface area contributed by atoms with Crippen molar-refractivity contribution in [1.29, 1.82) is 0 Å². The number of nitrogens with one attached hydrogen (secondary N) is 1. The third-order valence-corrected chi connectivity index (χ3v) is 5.06. The molecule has 4 nitrogen and oxygen atoms in total. The molecular weight excluding hydrogens is 360 g/mol. The zero-order valence-electron chi connectivity index (χ0n) is 15.5. The number of carboxylic acid groups (broad SMARTS) is 1. The molecule has 27 heavy (non-hydrogen) atoms. The highest BCUT2D eigenvalue weighted by Gasteiger charge is 2.22. The van der Waals surface area contributed by atoms with Gasteiger partial charge in [-0.3, -0.25) is 0 Å². The minimum Gasteiger partial charge on any atom is -0.478 e. The van der Waals surface area contributed by atoms with Crippen LogP contribution in [0.25, 0.3) is 0 Å². The standard InChI is InChI=1S/C22H23ClN2O2/c1-15-20(13-24-12-17-7-4-3-5-8-17)21(22(26)27)16(2)25(15)14-18-9-6-10-19(23)11-18/h3-11,24H,12-14H2,1-2H3,(H,26,27). The molecule has 0 radical (unpaired) electrons. The first-order chi connectivity index (χ1) is 13.0. The van der Waals surface area contributed by atoms with E-state index in [-0.39, 0.29) is 0 Å². The van der Waals surface area contributed by atoms with E-state index in [0.29, 0.717) is 30.2 Å². The molecule has 0 atom stereocenters. The van der Waals surface area contributed by atoms with Gasteiger partial charge in [0.15, 0.2) is 0 Å². The Hall–Kier alpha value is -2.56. The van der Waals surface area contributed by atoms with Crippen LogP contribution in [-0.4, -0.2) is 15.6 Å². The summed E-state index contributed by atoms with van der Waals surface area (Å²) in [5.41, 5.74) is 5.15. The van der Waals surface area contributed by atoms with E-state index in [9.17, 15) is 9.90 Å². The summed E-state index contributed by atoms with van der Waals surface area (Å²) < 4.78 is 2.05. The number of carboxylic acids is 1. The topological polar surface area (TPSA) is 54.3 Å². The molecule has 2 N–H and O–H groups in total. The number of halogens is 1. The van der Waals surface area contributed by atoms with E-state index >= 15 is 0 Å². The molecule has 1 aromatic heterocycles. The number of hydrogen-bond donors (Lipinski definition) is 2. The minimum absolute atomic E-state index is 0.384. The fraction of sp³-hybridized carbons (Fsp3) is 0.227. The highest BCUT2D eigenvalue weighted by molar-refractivity contribution is 6.30. The van der Waals surface area contributed by atoms with Gasteiger partial charge in [0.1, 0.15) is 0 Å². The van der Waals surface area contributed by atoms with Crippen LogP contribution in [0, 0.1) is 13.8 Å². The van der Waals surface area contributed by atoms with Crippen molar-refractivity contribution in [2.24, 2.45) is 0 Å². The van der Waals surface area contributed by atoms with E-state index in [0.717, 1.165) is 22.5 Å². The average Bonchev–Trinajstić information content (AvgIpc) is 2.87. The van der Waals surface area contributed by atoms with Crippen LogP contribution in [0.5, 0.6) is 0 Å². The van der Waals surface area contributed by atoms with E-state index in [2.05, 4.69) is 9.88 Å². The second-order valence-electron chi connectivity index (χ2n) is 6.63. The maximum absolute atomic E-state index is 11.9.